The Labute approximate surface area is 154 Å². The highest BCUT2D eigenvalue weighted by Crippen LogP contribution is 2.12. The number of halogens is 1. The van der Waals surface area contributed by atoms with Crippen molar-refractivity contribution in [3.63, 3.8) is 0 Å². The quantitative estimate of drug-likeness (QED) is 0.540. The molecule has 0 saturated heterocycles. The highest BCUT2D eigenvalue weighted by atomic mass is 19.1. The monoisotopic (exact) mass is 362 g/mol. The molecule has 134 valence electrons. The molecule has 27 heavy (non-hydrogen) atoms. The van der Waals surface area contributed by atoms with Gasteiger partial charge in [-0.1, -0.05) is 0 Å². The van der Waals surface area contributed by atoms with E-state index in [-0.39, 0.29) is 11.8 Å². The number of carbonyl (C=O) groups excluding carboxylic acids is 2. The third kappa shape index (κ3) is 5.05. The maximum Gasteiger partial charge on any atom is 0.271 e. The molecule has 0 aliphatic carbocycles. The number of pyridine rings is 1. The van der Waals surface area contributed by atoms with Crippen LogP contribution in [-0.4, -0.2) is 23.0 Å². The largest absolute Gasteiger partial charge is 0.322 e. The number of aromatic nitrogens is 1. The van der Waals surface area contributed by atoms with Crippen LogP contribution in [0.15, 0.2) is 78.2 Å². The van der Waals surface area contributed by atoms with Crippen LogP contribution in [0, 0.1) is 5.82 Å². The number of hydrogen-bond acceptors (Lipinski definition) is 4. The summed E-state index contributed by atoms with van der Waals surface area (Å²) in [5, 5.41) is 6.56. The van der Waals surface area contributed by atoms with Gasteiger partial charge in [0.1, 0.15) is 5.82 Å². The topological polar surface area (TPSA) is 83.4 Å². The minimum atomic E-state index is -0.409. The number of benzene rings is 2. The first-order chi connectivity index (χ1) is 13.1. The fraction of sp³-hybridized carbons (Fsp3) is 0. The lowest BCUT2D eigenvalue weighted by molar-refractivity contribution is 0.0954. The van der Waals surface area contributed by atoms with Crippen molar-refractivity contribution in [1.82, 2.24) is 10.4 Å². The Balaban J connectivity index is 1.57. The van der Waals surface area contributed by atoms with Crippen molar-refractivity contribution in [3.05, 3.63) is 95.6 Å². The fourth-order valence-electron chi connectivity index (χ4n) is 2.19. The lowest BCUT2D eigenvalue weighted by Gasteiger charge is -2.06. The van der Waals surface area contributed by atoms with E-state index < -0.39 is 5.82 Å². The molecule has 1 aromatic heterocycles. The van der Waals surface area contributed by atoms with E-state index in [1.165, 1.54) is 30.5 Å². The number of nitrogens with one attached hydrogen (secondary N) is 2. The van der Waals surface area contributed by atoms with E-state index in [4.69, 9.17) is 0 Å². The number of amides is 2. The summed E-state index contributed by atoms with van der Waals surface area (Å²) in [6.45, 7) is 0. The van der Waals surface area contributed by atoms with Crippen LogP contribution in [0.3, 0.4) is 0 Å². The molecule has 7 heteroatoms. The van der Waals surface area contributed by atoms with Gasteiger partial charge in [0.15, 0.2) is 0 Å². The van der Waals surface area contributed by atoms with Gasteiger partial charge < -0.3 is 5.32 Å². The zero-order chi connectivity index (χ0) is 19.1. The maximum absolute atomic E-state index is 12.9. The summed E-state index contributed by atoms with van der Waals surface area (Å²) >= 11 is 0. The second kappa shape index (κ2) is 8.48. The Morgan fingerprint density at radius 1 is 0.852 bits per heavy atom. The second-order valence-corrected chi connectivity index (χ2v) is 5.52. The summed E-state index contributed by atoms with van der Waals surface area (Å²) in [5.74, 6) is -1.15. The predicted octanol–water partition coefficient (Wildman–Crippen LogP) is 3.24. The molecule has 2 aromatic carbocycles. The van der Waals surface area contributed by atoms with Crippen LogP contribution in [0.4, 0.5) is 10.1 Å². The molecule has 0 bridgehead atoms. The SMILES string of the molecule is O=C(N/N=C\c1ccncc1)c1ccc(NC(=O)c2ccc(F)cc2)cc1. The number of rotatable bonds is 5. The number of nitrogens with zero attached hydrogens (tertiary/aromatic N) is 2. The van der Waals surface area contributed by atoms with E-state index >= 15 is 0 Å². The van der Waals surface area contributed by atoms with Gasteiger partial charge in [-0.3, -0.25) is 14.6 Å². The summed E-state index contributed by atoms with van der Waals surface area (Å²) in [4.78, 5) is 28.0. The Morgan fingerprint density at radius 2 is 1.44 bits per heavy atom. The van der Waals surface area contributed by atoms with Crippen LogP contribution in [0.5, 0.6) is 0 Å². The Morgan fingerprint density at radius 3 is 2.11 bits per heavy atom. The molecule has 0 unspecified atom stereocenters. The number of hydrogen-bond donors (Lipinski definition) is 2. The van der Waals surface area contributed by atoms with Crippen molar-refractivity contribution < 1.29 is 14.0 Å². The van der Waals surface area contributed by atoms with E-state index in [1.54, 1.807) is 48.8 Å². The highest BCUT2D eigenvalue weighted by Gasteiger charge is 2.08. The van der Waals surface area contributed by atoms with Crippen molar-refractivity contribution in [2.45, 2.75) is 0 Å². The van der Waals surface area contributed by atoms with Gasteiger partial charge >= 0.3 is 0 Å². The Kier molecular flexibility index (Phi) is 5.64. The van der Waals surface area contributed by atoms with Crippen LogP contribution < -0.4 is 10.7 Å². The minimum absolute atomic E-state index is 0.337. The molecule has 0 aliphatic rings. The summed E-state index contributed by atoms with van der Waals surface area (Å²) in [5.41, 5.74) is 4.48. The zero-order valence-electron chi connectivity index (χ0n) is 14.1. The molecule has 6 nitrogen and oxygen atoms in total. The number of hydrazone groups is 1. The summed E-state index contributed by atoms with van der Waals surface area (Å²) in [6, 6.07) is 15.1. The van der Waals surface area contributed by atoms with E-state index in [2.05, 4.69) is 20.8 Å². The van der Waals surface area contributed by atoms with Crippen LogP contribution in [-0.2, 0) is 0 Å². The lowest BCUT2D eigenvalue weighted by Crippen LogP contribution is -2.17. The lowest BCUT2D eigenvalue weighted by atomic mass is 10.1. The highest BCUT2D eigenvalue weighted by molar-refractivity contribution is 6.04. The molecule has 2 N–H and O–H groups in total. The van der Waals surface area contributed by atoms with Crippen molar-refractivity contribution in [2.75, 3.05) is 5.32 Å². The molecule has 0 saturated carbocycles. The first kappa shape index (κ1) is 17.9. The summed E-state index contributed by atoms with van der Waals surface area (Å²) in [6.07, 6.45) is 4.77. The molecular weight excluding hydrogens is 347 g/mol. The zero-order valence-corrected chi connectivity index (χ0v) is 14.1. The second-order valence-electron chi connectivity index (χ2n) is 5.52. The van der Waals surface area contributed by atoms with Gasteiger partial charge in [-0.15, -0.1) is 0 Å². The first-order valence-corrected chi connectivity index (χ1v) is 8.02. The normalized spacial score (nSPS) is 10.6. The van der Waals surface area contributed by atoms with Gasteiger partial charge in [0.25, 0.3) is 11.8 Å². The van der Waals surface area contributed by atoms with Crippen molar-refractivity contribution in [2.24, 2.45) is 5.10 Å². The minimum Gasteiger partial charge on any atom is -0.322 e. The van der Waals surface area contributed by atoms with Crippen LogP contribution in [0.25, 0.3) is 0 Å². The Bertz CT molecular complexity index is 956. The Hall–Kier alpha value is -3.87. The summed E-state index contributed by atoms with van der Waals surface area (Å²) in [7, 11) is 0. The first-order valence-electron chi connectivity index (χ1n) is 8.02. The third-order valence-electron chi connectivity index (χ3n) is 3.60. The number of carbonyl (C=O) groups is 2. The van der Waals surface area contributed by atoms with Crippen LogP contribution in [0.2, 0.25) is 0 Å². The van der Waals surface area contributed by atoms with Gasteiger partial charge in [0, 0.05) is 29.2 Å². The molecule has 0 atom stereocenters. The molecule has 2 amide bonds. The van der Waals surface area contributed by atoms with Crippen LogP contribution >= 0.6 is 0 Å². The van der Waals surface area contributed by atoms with Crippen molar-refractivity contribution in [1.29, 1.82) is 0 Å². The van der Waals surface area contributed by atoms with Crippen molar-refractivity contribution in [3.8, 4) is 0 Å². The maximum atomic E-state index is 12.9. The van der Waals surface area contributed by atoms with E-state index in [9.17, 15) is 14.0 Å². The molecule has 0 fully saturated rings. The molecule has 0 aliphatic heterocycles. The van der Waals surface area contributed by atoms with Gasteiger partial charge in [0.05, 0.1) is 6.21 Å². The molecular formula is C20H15FN4O2. The fourth-order valence-corrected chi connectivity index (χ4v) is 2.19. The van der Waals surface area contributed by atoms with Gasteiger partial charge in [-0.05, 0) is 66.2 Å². The predicted molar refractivity (Wildman–Crippen MR) is 100 cm³/mol. The van der Waals surface area contributed by atoms with Gasteiger partial charge in [0.2, 0.25) is 0 Å². The summed E-state index contributed by atoms with van der Waals surface area (Å²) < 4.78 is 12.9. The van der Waals surface area contributed by atoms with Gasteiger partial charge in [-0.25, -0.2) is 9.82 Å². The molecule has 1 heterocycles. The third-order valence-corrected chi connectivity index (χ3v) is 3.60. The molecule has 0 spiro atoms. The van der Waals surface area contributed by atoms with E-state index in [0.29, 0.717) is 16.8 Å². The van der Waals surface area contributed by atoms with E-state index in [0.717, 1.165) is 5.56 Å². The van der Waals surface area contributed by atoms with Crippen LogP contribution in [0.1, 0.15) is 26.3 Å². The average molecular weight is 362 g/mol. The number of anilines is 1. The van der Waals surface area contributed by atoms with Crippen molar-refractivity contribution >= 4 is 23.7 Å². The standard InChI is InChI=1S/C20H15FN4O2/c21-17-5-1-15(2-6-17)19(26)24-18-7-3-16(4-8-18)20(27)25-23-13-14-9-11-22-12-10-14/h1-13H,(H,24,26)(H,25,27)/b23-13-. The van der Waals surface area contributed by atoms with E-state index in [1.807, 2.05) is 0 Å². The molecule has 3 rings (SSSR count). The average Bonchev–Trinajstić information content (AvgIpc) is 2.70. The molecule has 0 radical (unpaired) electrons. The molecule has 3 aromatic rings. The smallest absolute Gasteiger partial charge is 0.271 e. The van der Waals surface area contributed by atoms with Gasteiger partial charge in [-0.2, -0.15) is 5.10 Å².